The van der Waals surface area contributed by atoms with Crippen molar-refractivity contribution < 1.29 is 58.5 Å². The highest BCUT2D eigenvalue weighted by atomic mass is 32.2. The molecule has 0 bridgehead atoms. The van der Waals surface area contributed by atoms with Crippen molar-refractivity contribution in [3.05, 3.63) is 95.4 Å². The van der Waals surface area contributed by atoms with E-state index in [4.69, 9.17) is 17.2 Å². The highest BCUT2D eigenvalue weighted by Crippen LogP contribution is 2.21. The normalized spacial score (nSPS) is 20.2. The van der Waals surface area contributed by atoms with Gasteiger partial charge in [-0.15, -0.1) is 11.8 Å². The number of carbonyl (C=O) groups excluding carboxylic acids is 7. The van der Waals surface area contributed by atoms with Crippen LogP contribution in [-0.2, 0) is 62.4 Å². The number of hydrogen-bond acceptors (Lipinski definition) is 14. The summed E-state index contributed by atoms with van der Waals surface area (Å²) in [6.07, 6.45) is 4.44. The van der Waals surface area contributed by atoms with Crippen molar-refractivity contribution in [1.82, 2.24) is 46.8 Å². The minimum Gasteiger partial charge on any atom is -0.508 e. The number of carboxylic acid groups (broad SMARTS) is 2. The van der Waals surface area contributed by atoms with Crippen LogP contribution in [0.25, 0.3) is 0 Å². The van der Waals surface area contributed by atoms with E-state index >= 15 is 0 Å². The van der Waals surface area contributed by atoms with Gasteiger partial charge in [-0.05, 0) is 67.2 Å². The number of likely N-dealkylation sites (tertiary alicyclic amines) is 1. The Morgan fingerprint density at radius 2 is 1.58 bits per heavy atom. The third kappa shape index (κ3) is 17.9. The maximum absolute atomic E-state index is 14.5. The van der Waals surface area contributed by atoms with Crippen LogP contribution in [0.4, 0.5) is 0 Å². The molecule has 1 fully saturated rings. The highest BCUT2D eigenvalue weighted by molar-refractivity contribution is 8.02. The minimum absolute atomic E-state index is 0.00157. The zero-order valence-corrected chi connectivity index (χ0v) is 41.1. The second-order valence-electron chi connectivity index (χ2n) is 17.7. The Kier molecular flexibility index (Phi) is 21.8. The van der Waals surface area contributed by atoms with Crippen LogP contribution >= 0.6 is 11.8 Å². The Morgan fingerprint density at radius 1 is 0.851 bits per heavy atom. The fraction of sp³-hybridized carbons (Fsp3) is 0.438. The maximum Gasteiger partial charge on any atom is 0.326 e. The molecule has 3 aromatic rings. The van der Waals surface area contributed by atoms with Crippen LogP contribution in [0, 0.1) is 0 Å². The first kappa shape index (κ1) is 56.9. The van der Waals surface area contributed by atoms with Crippen LogP contribution in [0.15, 0.2) is 83.6 Å². The summed E-state index contributed by atoms with van der Waals surface area (Å²) in [5, 5.41) is 46.6. The van der Waals surface area contributed by atoms with Gasteiger partial charge in [0.15, 0.2) is 5.96 Å². The Labute approximate surface area is 429 Å². The van der Waals surface area contributed by atoms with Gasteiger partial charge in [0, 0.05) is 50.0 Å². The third-order valence-corrected chi connectivity index (χ3v) is 12.9. The number of phenolic OH excluding ortho intramolecular Hbond substituents is 1. The number of nitrogens with one attached hydrogen (secondary N) is 7. The van der Waals surface area contributed by atoms with Crippen molar-refractivity contribution in [2.45, 2.75) is 113 Å². The number of allylic oxidation sites excluding steroid dienone is 1. The number of aromatic hydroxyl groups is 1. The highest BCUT2D eigenvalue weighted by Gasteiger charge is 2.40. The van der Waals surface area contributed by atoms with E-state index in [9.17, 15) is 58.5 Å². The van der Waals surface area contributed by atoms with Crippen LogP contribution < -0.4 is 49.1 Å². The molecule has 3 heterocycles. The number of H-pyrrole nitrogens is 1. The number of aromatic amines is 1. The summed E-state index contributed by atoms with van der Waals surface area (Å²) in [6, 6.07) is 3.96. The van der Waals surface area contributed by atoms with Crippen molar-refractivity contribution >= 4 is 71.0 Å². The molecular formula is C48H63N13O12S. The smallest absolute Gasteiger partial charge is 0.326 e. The van der Waals surface area contributed by atoms with Gasteiger partial charge in [-0.25, -0.2) is 9.78 Å². The van der Waals surface area contributed by atoms with Crippen molar-refractivity contribution in [3.63, 3.8) is 0 Å². The van der Waals surface area contributed by atoms with E-state index in [-0.39, 0.29) is 81.9 Å². The number of carboxylic acids is 2. The monoisotopic (exact) mass is 1050 g/mol. The van der Waals surface area contributed by atoms with Crippen molar-refractivity contribution in [3.8, 4) is 5.75 Å². The number of benzene rings is 2. The van der Waals surface area contributed by atoms with E-state index in [1.54, 1.807) is 41.8 Å². The molecule has 26 heteroatoms. The van der Waals surface area contributed by atoms with Gasteiger partial charge >= 0.3 is 11.9 Å². The van der Waals surface area contributed by atoms with Gasteiger partial charge < -0.3 is 74.3 Å². The van der Waals surface area contributed by atoms with Gasteiger partial charge in [0.1, 0.15) is 48.0 Å². The predicted octanol–water partition coefficient (Wildman–Crippen LogP) is -1.98. The first-order valence-corrected chi connectivity index (χ1v) is 24.9. The molecule has 16 N–H and O–H groups in total. The topological polar surface area (TPSA) is 409 Å². The molecule has 0 aliphatic carbocycles. The Morgan fingerprint density at radius 3 is 2.26 bits per heavy atom. The van der Waals surface area contributed by atoms with Crippen molar-refractivity contribution in [2.75, 3.05) is 18.8 Å². The van der Waals surface area contributed by atoms with Crippen LogP contribution in [-0.4, -0.2) is 157 Å². The van der Waals surface area contributed by atoms with Crippen LogP contribution in [0.3, 0.4) is 0 Å². The number of guanidine groups is 1. The Bertz CT molecular complexity index is 2490. The molecule has 74 heavy (non-hydrogen) atoms. The number of rotatable bonds is 22. The standard InChI is InChI=1S/C48H63N13O12S/c49-31(23-39(63)64)40(65)55-33(11-6-17-53-48(50)51)42(67)60-37-25-74-19-5-4-10-32(56-43(68)34(57-44(37)69)20-28-13-15-30(62)16-14-28)41(66)58-35(22-29-24-52-26-54-29)46(71)61-18-7-12-38(61)45(70)59-36(47(72)73)21-27-8-2-1-3-9-27/h1-3,5,8-9,13-16,19,24,26,31-38,62H,4,6-7,10-12,17-18,20-23,25,49H2,(H,52,54)(H,55,65)(H,56,68)(H,57,69)(H,58,66)(H,59,70)(H,60,67)(H,63,64)(H,72,73)(H4,50,51,53)/b19-5-/t31-,32-,33-,34-,35-,36-,37-,38-/m0/s1. The second-order valence-corrected chi connectivity index (χ2v) is 18.6. The number of imidazole rings is 1. The number of nitrogens with zero attached hydrogens (tertiary/aromatic N) is 3. The number of nitrogens with two attached hydrogens (primary N) is 3. The van der Waals surface area contributed by atoms with Gasteiger partial charge in [0.2, 0.25) is 41.4 Å². The summed E-state index contributed by atoms with van der Waals surface area (Å²) in [5.74, 6) is -8.54. The van der Waals surface area contributed by atoms with E-state index in [0.717, 1.165) is 11.8 Å². The number of thioether (sulfide) groups is 1. The van der Waals surface area contributed by atoms with Gasteiger partial charge in [-0.1, -0.05) is 48.5 Å². The molecule has 0 spiro atoms. The molecule has 1 aromatic heterocycles. The largest absolute Gasteiger partial charge is 0.508 e. The molecule has 7 amide bonds. The number of amides is 7. The molecular weight excluding hydrogens is 983 g/mol. The molecule has 0 radical (unpaired) electrons. The Balaban J connectivity index is 1.37. The first-order valence-electron chi connectivity index (χ1n) is 23.8. The van der Waals surface area contributed by atoms with Gasteiger partial charge in [0.25, 0.3) is 0 Å². The summed E-state index contributed by atoms with van der Waals surface area (Å²) >= 11 is 1.11. The molecule has 0 unspecified atom stereocenters. The van der Waals surface area contributed by atoms with Gasteiger partial charge in [-0.2, -0.15) is 0 Å². The van der Waals surface area contributed by atoms with Crippen LogP contribution in [0.1, 0.15) is 61.8 Å². The average Bonchev–Trinajstić information content (AvgIpc) is 4.08. The molecule has 0 saturated carbocycles. The molecule has 398 valence electrons. The van der Waals surface area contributed by atoms with Gasteiger partial charge in [-0.3, -0.25) is 43.3 Å². The zero-order chi connectivity index (χ0) is 53.7. The molecule has 25 nitrogen and oxygen atoms in total. The number of phenols is 1. The lowest BCUT2D eigenvalue weighted by Crippen LogP contribution is -2.61. The fourth-order valence-corrected chi connectivity index (χ4v) is 8.95. The van der Waals surface area contributed by atoms with E-state index in [1.807, 2.05) is 0 Å². The number of aliphatic imine (C=N–C) groups is 1. The summed E-state index contributed by atoms with van der Waals surface area (Å²) in [7, 11) is 0. The minimum atomic E-state index is -1.51. The number of carbonyl (C=O) groups is 9. The summed E-state index contributed by atoms with van der Waals surface area (Å²) in [4.78, 5) is 134. The Hall–Kier alpha value is -8.00. The predicted molar refractivity (Wildman–Crippen MR) is 269 cm³/mol. The van der Waals surface area contributed by atoms with E-state index in [1.165, 1.54) is 41.7 Å². The van der Waals surface area contributed by atoms with Crippen molar-refractivity contribution in [1.29, 1.82) is 0 Å². The lowest BCUT2D eigenvalue weighted by atomic mass is 10.0. The van der Waals surface area contributed by atoms with E-state index in [2.05, 4.69) is 46.9 Å². The van der Waals surface area contributed by atoms with Crippen LogP contribution in [0.5, 0.6) is 5.75 Å². The number of aromatic nitrogens is 2. The average molecular weight is 1050 g/mol. The third-order valence-electron chi connectivity index (χ3n) is 12.0. The summed E-state index contributed by atoms with van der Waals surface area (Å²) in [6.45, 7) is 0.188. The SMILES string of the molecule is NC(N)=NCCC[C@H](NC(=O)[C@@H](N)CC(=O)O)C(=O)N[C@H]1CS/C=C\CC[C@@H](C(=O)N[C@@H](Cc2cnc[nH]2)C(=O)N2CCC[C@H]2C(=O)N[C@@H](Cc2ccccc2)C(=O)O)NC(=O)[C@H](Cc2ccc(O)cc2)NC1=O. The number of aliphatic carboxylic acids is 2. The molecule has 2 aliphatic heterocycles. The maximum atomic E-state index is 14.5. The second kappa shape index (κ2) is 28.3. The molecule has 2 aliphatic rings. The molecule has 5 rings (SSSR count). The lowest BCUT2D eigenvalue weighted by molar-refractivity contribution is -0.145. The van der Waals surface area contributed by atoms with E-state index in [0.29, 0.717) is 23.2 Å². The van der Waals surface area contributed by atoms with Crippen LogP contribution in [0.2, 0.25) is 0 Å². The van der Waals surface area contributed by atoms with Gasteiger partial charge in [0.05, 0.1) is 18.8 Å². The quantitative estimate of drug-likeness (QED) is 0.0295. The first-order chi connectivity index (χ1) is 35.4. The molecule has 8 atom stereocenters. The lowest BCUT2D eigenvalue weighted by Gasteiger charge is -2.30. The summed E-state index contributed by atoms with van der Waals surface area (Å²) < 4.78 is 0. The fourth-order valence-electron chi connectivity index (χ4n) is 8.14. The zero-order valence-electron chi connectivity index (χ0n) is 40.3. The van der Waals surface area contributed by atoms with Crippen molar-refractivity contribution in [2.24, 2.45) is 22.2 Å². The number of hydrogen-bond donors (Lipinski definition) is 13. The molecule has 1 saturated heterocycles. The molecule has 2 aromatic carbocycles. The summed E-state index contributed by atoms with van der Waals surface area (Å²) in [5.41, 5.74) is 18.2. The van der Waals surface area contributed by atoms with E-state index < -0.39 is 108 Å².